The minimum absolute atomic E-state index is 0.0300. The van der Waals surface area contributed by atoms with Gasteiger partial charge >= 0.3 is 32.4 Å². The number of ether oxygens (including phenoxy) is 1. The van der Waals surface area contributed by atoms with Crippen molar-refractivity contribution in [3.8, 4) is 5.75 Å². The second-order valence-corrected chi connectivity index (χ2v) is 13.6. The lowest BCUT2D eigenvalue weighted by atomic mass is 9.99. The molecule has 0 saturated carbocycles. The van der Waals surface area contributed by atoms with Crippen LogP contribution in [0.1, 0.15) is 49.0 Å². The molecule has 0 heterocycles. The number of alkyl halides is 4. The van der Waals surface area contributed by atoms with Crippen LogP contribution in [0.2, 0.25) is 0 Å². The predicted octanol–water partition coefficient (Wildman–Crippen LogP) is 5.84. The van der Waals surface area contributed by atoms with Crippen LogP contribution in [0.3, 0.4) is 0 Å². The van der Waals surface area contributed by atoms with Crippen LogP contribution in [0.25, 0.3) is 0 Å². The van der Waals surface area contributed by atoms with Gasteiger partial charge in [0.1, 0.15) is 4.90 Å². The molecule has 2 aromatic rings. The Balaban J connectivity index is 2.37. The van der Waals surface area contributed by atoms with E-state index in [-0.39, 0.29) is 30.6 Å². The third-order valence-corrected chi connectivity index (χ3v) is 9.33. The Hall–Kier alpha value is -1.25. The second-order valence-electron chi connectivity index (χ2n) is 7.97. The van der Waals surface area contributed by atoms with Gasteiger partial charge in [-0.3, -0.25) is 4.55 Å². The first-order valence-corrected chi connectivity index (χ1v) is 15.2. The molecule has 8 nitrogen and oxygen atoms in total. The number of esters is 1. The second kappa shape index (κ2) is 11.5. The summed E-state index contributed by atoms with van der Waals surface area (Å²) in [5.74, 6) is -1.80. The maximum atomic E-state index is 14.4. The maximum Gasteiger partial charge on any atom is 0.429 e. The van der Waals surface area contributed by atoms with E-state index in [1.54, 1.807) is 57.3 Å². The van der Waals surface area contributed by atoms with Gasteiger partial charge in [-0.1, -0.05) is 26.0 Å². The van der Waals surface area contributed by atoms with Crippen LogP contribution in [0.4, 0.5) is 17.6 Å². The molecule has 1 N–H and O–H groups in total. The summed E-state index contributed by atoms with van der Waals surface area (Å²) in [5.41, 5.74) is 0.334. The molecular formula is C21H20F4I2O8S2. The molecule has 0 aliphatic heterocycles. The van der Waals surface area contributed by atoms with E-state index in [1.807, 2.05) is 13.8 Å². The Bertz CT molecular complexity index is 1350. The van der Waals surface area contributed by atoms with Crippen molar-refractivity contribution in [1.82, 2.24) is 0 Å². The summed E-state index contributed by atoms with van der Waals surface area (Å²) in [7, 11) is -10.3. The smallest absolute Gasteiger partial charge is 0.429 e. The Morgan fingerprint density at radius 1 is 1.03 bits per heavy atom. The van der Waals surface area contributed by atoms with Gasteiger partial charge in [0, 0.05) is 0 Å². The molecule has 206 valence electrons. The summed E-state index contributed by atoms with van der Waals surface area (Å²) in [6.07, 6.45) is -8.71. The molecule has 0 bridgehead atoms. The molecule has 2 rings (SSSR count). The first-order chi connectivity index (χ1) is 16.7. The van der Waals surface area contributed by atoms with Crippen LogP contribution in [0.15, 0.2) is 41.3 Å². The maximum absolute atomic E-state index is 14.4. The number of halogens is 6. The zero-order valence-corrected chi connectivity index (χ0v) is 25.2. The summed E-state index contributed by atoms with van der Waals surface area (Å²) in [4.78, 5) is 12.2. The summed E-state index contributed by atoms with van der Waals surface area (Å²) >= 11 is 3.14. The van der Waals surface area contributed by atoms with Crippen molar-refractivity contribution in [3.63, 3.8) is 0 Å². The van der Waals surface area contributed by atoms with Crippen molar-refractivity contribution in [2.75, 3.05) is 0 Å². The molecule has 3 unspecified atom stereocenters. The van der Waals surface area contributed by atoms with Crippen molar-refractivity contribution >= 4 is 71.4 Å². The van der Waals surface area contributed by atoms with Gasteiger partial charge in [0.2, 0.25) is 6.10 Å². The lowest BCUT2D eigenvalue weighted by Crippen LogP contribution is -2.53. The molecule has 0 fully saturated rings. The largest absolute Gasteiger partial charge is 0.444 e. The van der Waals surface area contributed by atoms with E-state index in [1.165, 1.54) is 12.1 Å². The van der Waals surface area contributed by atoms with Gasteiger partial charge in [-0.05, 0) is 94.3 Å². The molecule has 0 aromatic heterocycles. The summed E-state index contributed by atoms with van der Waals surface area (Å²) in [6.45, 7) is 3.86. The number of hydrogen-bond donors (Lipinski definition) is 1. The van der Waals surface area contributed by atoms with E-state index in [2.05, 4.69) is 4.74 Å². The zero-order valence-electron chi connectivity index (χ0n) is 19.2. The first-order valence-electron chi connectivity index (χ1n) is 10.2. The normalized spacial score (nSPS) is 15.9. The average molecular weight is 794 g/mol. The van der Waals surface area contributed by atoms with Crippen LogP contribution in [-0.4, -0.2) is 44.6 Å². The van der Waals surface area contributed by atoms with E-state index in [0.717, 1.165) is 24.1 Å². The molecule has 0 spiro atoms. The Morgan fingerprint density at radius 2 is 1.51 bits per heavy atom. The van der Waals surface area contributed by atoms with Crippen molar-refractivity contribution in [3.05, 3.63) is 54.7 Å². The van der Waals surface area contributed by atoms with Crippen LogP contribution in [0, 0.1) is 7.14 Å². The van der Waals surface area contributed by atoms with Gasteiger partial charge in [0.15, 0.2) is 5.75 Å². The van der Waals surface area contributed by atoms with Crippen molar-refractivity contribution < 1.29 is 52.7 Å². The van der Waals surface area contributed by atoms with Crippen molar-refractivity contribution in [2.24, 2.45) is 0 Å². The molecule has 0 radical (unpaired) electrons. The fourth-order valence-electron chi connectivity index (χ4n) is 2.89. The van der Waals surface area contributed by atoms with Crippen LogP contribution in [0.5, 0.6) is 5.75 Å². The van der Waals surface area contributed by atoms with Gasteiger partial charge in [-0.25, -0.2) is 9.18 Å². The fourth-order valence-corrected chi connectivity index (χ4v) is 6.59. The molecule has 2 aromatic carbocycles. The van der Waals surface area contributed by atoms with E-state index >= 15 is 0 Å². The Kier molecular flexibility index (Phi) is 9.91. The highest BCUT2D eigenvalue weighted by Crippen LogP contribution is 2.38. The average Bonchev–Trinajstić information content (AvgIpc) is 2.77. The highest BCUT2D eigenvalue weighted by atomic mass is 127. The first kappa shape index (κ1) is 32.0. The van der Waals surface area contributed by atoms with Gasteiger partial charge in [-0.15, -0.1) is 0 Å². The summed E-state index contributed by atoms with van der Waals surface area (Å²) < 4.78 is 120. The minimum atomic E-state index is -5.95. The van der Waals surface area contributed by atoms with Gasteiger partial charge in [0.05, 0.1) is 12.7 Å². The lowest BCUT2D eigenvalue weighted by molar-refractivity contribution is -0.226. The van der Waals surface area contributed by atoms with E-state index in [9.17, 15) is 39.2 Å². The number of carbonyl (C=O) groups excluding carboxylic acids is 1. The summed E-state index contributed by atoms with van der Waals surface area (Å²) in [5, 5.41) is -4.40. The van der Waals surface area contributed by atoms with Crippen molar-refractivity contribution in [2.45, 2.75) is 55.3 Å². The molecule has 0 aliphatic rings. The molecular weight excluding hydrogens is 774 g/mol. The minimum Gasteiger partial charge on any atom is -0.444 e. The summed E-state index contributed by atoms with van der Waals surface area (Å²) in [6, 6.07) is 7.84. The fraction of sp³-hybridized carbons (Fsp3) is 0.381. The molecule has 0 amide bonds. The third kappa shape index (κ3) is 7.45. The topological polar surface area (TPSA) is 124 Å². The van der Waals surface area contributed by atoms with Gasteiger partial charge in [0.25, 0.3) is 5.00 Å². The number of rotatable bonds is 9. The lowest BCUT2D eigenvalue weighted by Gasteiger charge is -2.29. The molecule has 37 heavy (non-hydrogen) atoms. The highest BCUT2D eigenvalue weighted by Gasteiger charge is 2.62. The van der Waals surface area contributed by atoms with E-state index < -0.39 is 49.1 Å². The molecule has 0 aliphatic carbocycles. The van der Waals surface area contributed by atoms with E-state index in [4.69, 9.17) is 8.74 Å². The molecule has 16 heteroatoms. The van der Waals surface area contributed by atoms with E-state index in [0.29, 0.717) is 0 Å². The number of hydrogen-bond acceptors (Lipinski definition) is 7. The number of benzene rings is 2. The number of carbonyl (C=O) groups is 1. The Labute approximate surface area is 238 Å². The monoisotopic (exact) mass is 794 g/mol. The van der Waals surface area contributed by atoms with Crippen LogP contribution < -0.4 is 4.18 Å². The van der Waals surface area contributed by atoms with Gasteiger partial charge in [-0.2, -0.15) is 30.0 Å². The predicted molar refractivity (Wildman–Crippen MR) is 141 cm³/mol. The zero-order chi connectivity index (χ0) is 28.6. The third-order valence-electron chi connectivity index (χ3n) is 5.27. The van der Waals surface area contributed by atoms with Crippen molar-refractivity contribution in [1.29, 1.82) is 0 Å². The molecule has 0 saturated heterocycles. The van der Waals surface area contributed by atoms with Gasteiger partial charge < -0.3 is 8.92 Å². The quantitative estimate of drug-likeness (QED) is 0.111. The molecule has 3 atom stereocenters. The SMILES string of the molecule is CCC(C)c1ccc(S(=O)(=O)Oc2c(I)cc(C(=O)OC(C(F)(F)F)C(C)(F)S(=O)(=O)O)cc2I)cc1. The van der Waals surface area contributed by atoms with Crippen LogP contribution >= 0.6 is 45.2 Å². The standard InChI is InChI=1S/C21H20F4I2O8S2/c1-4-11(2)12-5-7-14(8-6-12)36(29,30)35-17-15(26)9-13(10-16(17)27)18(28)34-19(21(23,24)25)20(3,22)37(31,32)33/h5-11,19H,4H2,1-3H3,(H,31,32,33). The van der Waals surface area contributed by atoms with Crippen LogP contribution in [-0.2, 0) is 25.0 Å². The highest BCUT2D eigenvalue weighted by molar-refractivity contribution is 14.1. The Morgan fingerprint density at radius 3 is 1.92 bits per heavy atom.